The summed E-state index contributed by atoms with van der Waals surface area (Å²) >= 11 is 12.6. The molecule has 0 heterocycles. The Bertz CT molecular complexity index is 904. The normalized spacial score (nSPS) is 12.0. The van der Waals surface area contributed by atoms with Gasteiger partial charge in [-0.2, -0.15) is 0 Å². The number of phenols is 1. The van der Waals surface area contributed by atoms with Crippen molar-refractivity contribution in [1.29, 1.82) is 0 Å². The van der Waals surface area contributed by atoms with Crippen LogP contribution >= 0.6 is 23.2 Å². The number of nitrogens with zero attached hydrogens (tertiary/aromatic N) is 1. The molecule has 0 radical (unpaired) electrons. The number of carbonyl (C=O) groups excluding carboxylic acids is 1. The summed E-state index contributed by atoms with van der Waals surface area (Å²) in [7, 11) is 4.04. The molecule has 1 amide bonds. The van der Waals surface area contributed by atoms with E-state index in [1.165, 1.54) is 6.07 Å². The lowest BCUT2D eigenvalue weighted by atomic mass is 10.0. The molecule has 0 saturated carbocycles. The monoisotopic (exact) mass is 466 g/mol. The maximum atomic E-state index is 12.7. The molecule has 3 N–H and O–H groups in total. The highest BCUT2D eigenvalue weighted by Gasteiger charge is 2.25. The van der Waals surface area contributed by atoms with Crippen molar-refractivity contribution in [3.8, 4) is 5.75 Å². The summed E-state index contributed by atoms with van der Waals surface area (Å²) in [5.74, 6) is -2.32. The topological polar surface area (TPSA) is 89.9 Å². The smallest absolute Gasteiger partial charge is 0.326 e. The van der Waals surface area contributed by atoms with Gasteiger partial charge >= 0.3 is 5.97 Å². The van der Waals surface area contributed by atoms with Crippen LogP contribution in [0.5, 0.6) is 5.75 Å². The fourth-order valence-corrected chi connectivity index (χ4v) is 3.89. The second kappa shape index (κ2) is 11.9. The second-order valence-electron chi connectivity index (χ2n) is 7.72. The van der Waals surface area contributed by atoms with Crippen molar-refractivity contribution in [2.45, 2.75) is 38.1 Å². The summed E-state index contributed by atoms with van der Waals surface area (Å²) in [5, 5.41) is 22.7. The molecule has 0 aliphatic rings. The van der Waals surface area contributed by atoms with Gasteiger partial charge in [0.2, 0.25) is 0 Å². The van der Waals surface area contributed by atoms with Crippen molar-refractivity contribution < 1.29 is 19.8 Å². The Hall–Kier alpha value is -2.28. The summed E-state index contributed by atoms with van der Waals surface area (Å²) in [6.45, 7) is 0.986. The number of halogens is 2. The number of nitrogens with one attached hydrogen (secondary N) is 1. The molecule has 0 aromatic heterocycles. The zero-order chi connectivity index (χ0) is 23.0. The lowest BCUT2D eigenvalue weighted by Gasteiger charge is -2.17. The number of benzene rings is 2. The lowest BCUT2D eigenvalue weighted by molar-refractivity contribution is -0.139. The first kappa shape index (κ1) is 25.0. The van der Waals surface area contributed by atoms with Gasteiger partial charge in [-0.05, 0) is 57.1 Å². The highest BCUT2D eigenvalue weighted by molar-refractivity contribution is 6.37. The van der Waals surface area contributed by atoms with E-state index in [1.54, 1.807) is 24.3 Å². The highest BCUT2D eigenvalue weighted by Crippen LogP contribution is 2.37. The molecule has 1 atom stereocenters. The third kappa shape index (κ3) is 7.42. The Labute approximate surface area is 192 Å². The van der Waals surface area contributed by atoms with Crippen LogP contribution in [0.4, 0.5) is 0 Å². The van der Waals surface area contributed by atoms with Crippen molar-refractivity contribution in [3.63, 3.8) is 0 Å². The van der Waals surface area contributed by atoms with Crippen molar-refractivity contribution >= 4 is 35.1 Å². The average molecular weight is 467 g/mol. The molecule has 0 saturated heterocycles. The number of hydrogen-bond donors (Lipinski definition) is 3. The van der Waals surface area contributed by atoms with Crippen LogP contribution in [0.2, 0.25) is 10.0 Å². The van der Waals surface area contributed by atoms with E-state index >= 15 is 0 Å². The number of aliphatic carboxylic acids is 1. The van der Waals surface area contributed by atoms with E-state index in [0.29, 0.717) is 12.0 Å². The van der Waals surface area contributed by atoms with E-state index in [1.807, 2.05) is 20.2 Å². The van der Waals surface area contributed by atoms with E-state index in [-0.39, 0.29) is 22.0 Å². The fourth-order valence-electron chi connectivity index (χ4n) is 3.24. The zero-order valence-corrected chi connectivity index (χ0v) is 19.2. The molecule has 0 bridgehead atoms. The van der Waals surface area contributed by atoms with Crippen LogP contribution in [0.15, 0.2) is 36.4 Å². The van der Waals surface area contributed by atoms with Crippen LogP contribution in [-0.2, 0) is 17.6 Å². The second-order valence-corrected chi connectivity index (χ2v) is 8.50. The Balaban J connectivity index is 2.10. The summed E-state index contributed by atoms with van der Waals surface area (Å²) in [4.78, 5) is 26.4. The van der Waals surface area contributed by atoms with E-state index in [4.69, 9.17) is 23.2 Å². The van der Waals surface area contributed by atoms with Crippen LogP contribution in [0.1, 0.15) is 40.7 Å². The van der Waals surface area contributed by atoms with E-state index in [2.05, 4.69) is 10.2 Å². The van der Waals surface area contributed by atoms with Crippen LogP contribution in [-0.4, -0.2) is 53.7 Å². The maximum absolute atomic E-state index is 12.7. The first-order valence-corrected chi connectivity index (χ1v) is 10.9. The molecule has 31 heavy (non-hydrogen) atoms. The number of carboxylic acids is 1. The van der Waals surface area contributed by atoms with Gasteiger partial charge in [0.05, 0.1) is 10.6 Å². The van der Waals surface area contributed by atoms with Gasteiger partial charge in [-0.15, -0.1) is 0 Å². The van der Waals surface area contributed by atoms with Crippen molar-refractivity contribution in [1.82, 2.24) is 10.2 Å². The van der Waals surface area contributed by atoms with Gasteiger partial charge in [-0.1, -0.05) is 60.0 Å². The summed E-state index contributed by atoms with van der Waals surface area (Å²) in [6.07, 6.45) is 3.54. The molecule has 0 spiro atoms. The number of hydrogen-bond acceptors (Lipinski definition) is 4. The molecule has 2 aromatic rings. The van der Waals surface area contributed by atoms with Gasteiger partial charge < -0.3 is 20.4 Å². The molecule has 0 aliphatic carbocycles. The fraction of sp³-hybridized carbons (Fsp3) is 0.391. The van der Waals surface area contributed by atoms with Gasteiger partial charge in [-0.3, -0.25) is 4.79 Å². The number of unbranched alkanes of at least 4 members (excludes halogenated alkanes) is 2. The van der Waals surface area contributed by atoms with Crippen LogP contribution in [0.3, 0.4) is 0 Å². The largest absolute Gasteiger partial charge is 0.506 e. The van der Waals surface area contributed by atoms with Crippen LogP contribution in [0, 0.1) is 0 Å². The summed E-state index contributed by atoms with van der Waals surface area (Å²) < 4.78 is 0. The quantitative estimate of drug-likeness (QED) is 0.427. The Morgan fingerprint density at radius 2 is 1.77 bits per heavy atom. The summed E-state index contributed by atoms with van der Waals surface area (Å²) in [5.41, 5.74) is 1.20. The predicted octanol–water partition coefficient (Wildman–Crippen LogP) is 4.40. The van der Waals surface area contributed by atoms with Gasteiger partial charge in [0.1, 0.15) is 11.8 Å². The number of carbonyl (C=O) groups is 2. The number of aromatic hydroxyl groups is 1. The third-order valence-corrected chi connectivity index (χ3v) is 5.69. The lowest BCUT2D eigenvalue weighted by Crippen LogP contribution is -2.42. The van der Waals surface area contributed by atoms with Crippen molar-refractivity contribution in [3.05, 3.63) is 63.1 Å². The minimum absolute atomic E-state index is 0.0280. The molecule has 0 fully saturated rings. The summed E-state index contributed by atoms with van der Waals surface area (Å²) in [6, 6.07) is 9.14. The van der Waals surface area contributed by atoms with Gasteiger partial charge in [-0.25, -0.2) is 4.79 Å². The SMILES string of the molecule is CN(C)CCCCCc1c(Cl)cc(C(=O)NC(Cc2ccccc2)C(=O)O)c(O)c1Cl. The van der Waals surface area contributed by atoms with Crippen molar-refractivity contribution in [2.75, 3.05) is 20.6 Å². The number of amides is 1. The van der Waals surface area contributed by atoms with Crippen molar-refractivity contribution in [2.24, 2.45) is 0 Å². The molecular weight excluding hydrogens is 439 g/mol. The molecule has 8 heteroatoms. The average Bonchev–Trinajstić information content (AvgIpc) is 2.72. The zero-order valence-electron chi connectivity index (χ0n) is 17.7. The molecule has 168 valence electrons. The van der Waals surface area contributed by atoms with Gasteiger partial charge in [0.25, 0.3) is 5.91 Å². The third-order valence-electron chi connectivity index (χ3n) is 4.95. The Kier molecular flexibility index (Phi) is 9.62. The standard InChI is InChI=1S/C23H28Cl2N2O4/c1-27(2)12-8-4-7-11-16-18(24)14-17(21(28)20(16)25)22(29)26-19(23(30)31)13-15-9-5-3-6-10-15/h3,5-6,9-10,14,19,28H,4,7-8,11-13H2,1-2H3,(H,26,29)(H,30,31). The molecular formula is C23H28Cl2N2O4. The van der Waals surface area contributed by atoms with Gasteiger partial charge in [0, 0.05) is 11.4 Å². The highest BCUT2D eigenvalue weighted by atomic mass is 35.5. The van der Waals surface area contributed by atoms with E-state index in [0.717, 1.165) is 31.4 Å². The molecule has 0 aliphatic heterocycles. The van der Waals surface area contributed by atoms with Crippen LogP contribution < -0.4 is 5.32 Å². The van der Waals surface area contributed by atoms with E-state index < -0.39 is 23.7 Å². The predicted molar refractivity (Wildman–Crippen MR) is 123 cm³/mol. The molecule has 2 aromatic carbocycles. The molecule has 6 nitrogen and oxygen atoms in total. The first-order valence-electron chi connectivity index (χ1n) is 10.1. The molecule has 2 rings (SSSR count). The van der Waals surface area contributed by atoms with Gasteiger partial charge in [0.15, 0.2) is 0 Å². The van der Waals surface area contributed by atoms with Crippen LogP contribution in [0.25, 0.3) is 0 Å². The minimum atomic E-state index is -1.18. The maximum Gasteiger partial charge on any atom is 0.326 e. The number of carboxylic acid groups (broad SMARTS) is 1. The Morgan fingerprint density at radius 3 is 2.39 bits per heavy atom. The number of phenolic OH excluding ortho intramolecular Hbond substituents is 1. The Morgan fingerprint density at radius 1 is 1.10 bits per heavy atom. The number of rotatable bonds is 11. The first-order chi connectivity index (χ1) is 14.7. The van der Waals surface area contributed by atoms with E-state index in [9.17, 15) is 19.8 Å². The molecule has 1 unspecified atom stereocenters. The minimum Gasteiger partial charge on any atom is -0.506 e.